The molecule has 86 valence electrons. The van der Waals surface area contributed by atoms with E-state index in [1.807, 2.05) is 20.0 Å². The van der Waals surface area contributed by atoms with E-state index < -0.39 is 0 Å². The van der Waals surface area contributed by atoms with E-state index in [1.54, 1.807) is 0 Å². The molecule has 0 atom stereocenters. The van der Waals surface area contributed by atoms with E-state index in [0.29, 0.717) is 6.04 Å². The van der Waals surface area contributed by atoms with E-state index >= 15 is 0 Å². The second-order valence-corrected chi connectivity index (χ2v) is 3.93. The van der Waals surface area contributed by atoms with Crippen molar-refractivity contribution in [2.24, 2.45) is 0 Å². The molecule has 0 spiro atoms. The number of rotatable bonds is 2. The van der Waals surface area contributed by atoms with Crippen molar-refractivity contribution in [3.8, 4) is 0 Å². The largest absolute Gasteiger partial charge is 0.379 e. The number of pyridine rings is 1. The predicted molar refractivity (Wildman–Crippen MR) is 67.9 cm³/mol. The maximum absolute atomic E-state index is 4.40. The third-order valence-electron chi connectivity index (χ3n) is 2.66. The second-order valence-electron chi connectivity index (χ2n) is 3.93. The Morgan fingerprint density at radius 3 is 2.81 bits per heavy atom. The molecule has 0 amide bonds. The lowest BCUT2D eigenvalue weighted by Crippen LogP contribution is -2.02. The Kier molecular flexibility index (Phi) is 3.13. The van der Waals surface area contributed by atoms with Gasteiger partial charge in [-0.25, -0.2) is 4.98 Å². The van der Waals surface area contributed by atoms with Crippen molar-refractivity contribution in [3.63, 3.8) is 0 Å². The normalized spacial score (nSPS) is 14.4. The quantitative estimate of drug-likeness (QED) is 0.836. The number of nitrogens with one attached hydrogen (secondary N) is 1. The fourth-order valence-electron chi connectivity index (χ4n) is 1.69. The van der Waals surface area contributed by atoms with Gasteiger partial charge in [0.1, 0.15) is 0 Å². The van der Waals surface area contributed by atoms with Crippen LogP contribution < -0.4 is 5.32 Å². The molecule has 3 rings (SSSR count). The molecule has 2 aromatic rings. The monoisotopic (exact) mass is 217 g/mol. The molecule has 0 bridgehead atoms. The highest BCUT2D eigenvalue weighted by molar-refractivity contribution is 5.68. The standard InChI is InChI=1S/C11H13N3.C2H6/c1-8-7-12-11-10(13-9-4-5-9)3-2-6-14(8)11;1-2/h2-3,6-7,9,13H,4-5H2,1H3;1-2H3. The van der Waals surface area contributed by atoms with Gasteiger partial charge in [0.2, 0.25) is 0 Å². The lowest BCUT2D eigenvalue weighted by atomic mass is 10.4. The van der Waals surface area contributed by atoms with Crippen LogP contribution >= 0.6 is 0 Å². The van der Waals surface area contributed by atoms with Crippen molar-refractivity contribution in [1.29, 1.82) is 0 Å². The van der Waals surface area contributed by atoms with Crippen molar-refractivity contribution in [3.05, 3.63) is 30.2 Å². The molecular formula is C13H19N3. The summed E-state index contributed by atoms with van der Waals surface area (Å²) >= 11 is 0. The molecule has 1 fully saturated rings. The second kappa shape index (κ2) is 4.56. The minimum Gasteiger partial charge on any atom is -0.379 e. The summed E-state index contributed by atoms with van der Waals surface area (Å²) in [5.41, 5.74) is 3.37. The molecule has 1 N–H and O–H groups in total. The van der Waals surface area contributed by atoms with E-state index in [4.69, 9.17) is 0 Å². The third-order valence-corrected chi connectivity index (χ3v) is 2.66. The summed E-state index contributed by atoms with van der Waals surface area (Å²) in [5, 5.41) is 3.49. The first kappa shape index (κ1) is 11.0. The van der Waals surface area contributed by atoms with E-state index in [-0.39, 0.29) is 0 Å². The average Bonchev–Trinajstić information content (AvgIpc) is 3.06. The molecule has 0 aromatic carbocycles. The maximum Gasteiger partial charge on any atom is 0.160 e. The van der Waals surface area contributed by atoms with Crippen LogP contribution in [0.1, 0.15) is 32.4 Å². The summed E-state index contributed by atoms with van der Waals surface area (Å²) in [6.07, 6.45) is 6.55. The summed E-state index contributed by atoms with van der Waals surface area (Å²) < 4.78 is 2.12. The first-order valence-corrected chi connectivity index (χ1v) is 6.04. The lowest BCUT2D eigenvalue weighted by Gasteiger charge is -2.05. The predicted octanol–water partition coefficient (Wildman–Crippen LogP) is 3.24. The molecule has 0 aliphatic heterocycles. The van der Waals surface area contributed by atoms with Crippen LogP contribution in [0.25, 0.3) is 5.65 Å². The Bertz CT molecular complexity index is 469. The molecule has 0 radical (unpaired) electrons. The van der Waals surface area contributed by atoms with Crippen molar-refractivity contribution in [1.82, 2.24) is 9.38 Å². The average molecular weight is 217 g/mol. The molecule has 0 saturated heterocycles. The van der Waals surface area contributed by atoms with Crippen molar-refractivity contribution >= 4 is 11.3 Å². The highest BCUT2D eigenvalue weighted by atomic mass is 15.1. The Labute approximate surface area is 96.5 Å². The molecule has 1 aliphatic carbocycles. The number of nitrogens with zero attached hydrogens (tertiary/aromatic N) is 2. The van der Waals surface area contributed by atoms with Crippen molar-refractivity contribution < 1.29 is 0 Å². The zero-order valence-corrected chi connectivity index (χ0v) is 10.2. The molecule has 2 heterocycles. The summed E-state index contributed by atoms with van der Waals surface area (Å²) in [6.45, 7) is 6.07. The summed E-state index contributed by atoms with van der Waals surface area (Å²) in [5.74, 6) is 0. The SMILES string of the molecule is CC.Cc1cnc2c(NC3CC3)cccn12. The molecular weight excluding hydrogens is 198 g/mol. The smallest absolute Gasteiger partial charge is 0.160 e. The summed E-state index contributed by atoms with van der Waals surface area (Å²) in [6, 6.07) is 4.84. The molecule has 2 aromatic heterocycles. The van der Waals surface area contributed by atoms with Gasteiger partial charge in [0.15, 0.2) is 5.65 Å². The van der Waals surface area contributed by atoms with Crippen molar-refractivity contribution in [2.45, 2.75) is 39.7 Å². The Hall–Kier alpha value is -1.51. The Morgan fingerprint density at radius 1 is 1.38 bits per heavy atom. The fraction of sp³-hybridized carbons (Fsp3) is 0.462. The number of aryl methyl sites for hydroxylation is 1. The zero-order chi connectivity index (χ0) is 11.5. The van der Waals surface area contributed by atoms with Gasteiger partial charge in [-0.05, 0) is 31.9 Å². The number of hydrogen-bond acceptors (Lipinski definition) is 2. The van der Waals surface area contributed by atoms with Gasteiger partial charge in [-0.15, -0.1) is 0 Å². The molecule has 1 aliphatic rings. The zero-order valence-electron chi connectivity index (χ0n) is 10.2. The molecule has 16 heavy (non-hydrogen) atoms. The Balaban J connectivity index is 0.000000457. The van der Waals surface area contributed by atoms with Gasteiger partial charge < -0.3 is 9.72 Å². The van der Waals surface area contributed by atoms with Crippen LogP contribution in [0.15, 0.2) is 24.5 Å². The lowest BCUT2D eigenvalue weighted by molar-refractivity contribution is 1.09. The molecule has 0 unspecified atom stereocenters. The maximum atomic E-state index is 4.40. The Morgan fingerprint density at radius 2 is 2.12 bits per heavy atom. The number of fused-ring (bicyclic) bond motifs is 1. The highest BCUT2D eigenvalue weighted by Crippen LogP contribution is 2.26. The first-order valence-electron chi connectivity index (χ1n) is 6.04. The van der Waals surface area contributed by atoms with Gasteiger partial charge in [0.05, 0.1) is 5.69 Å². The number of hydrogen-bond donors (Lipinski definition) is 1. The third kappa shape index (κ3) is 2.03. The highest BCUT2D eigenvalue weighted by Gasteiger charge is 2.21. The topological polar surface area (TPSA) is 29.3 Å². The van der Waals surface area contributed by atoms with Crippen LogP contribution in [0.2, 0.25) is 0 Å². The van der Waals surface area contributed by atoms with Gasteiger partial charge >= 0.3 is 0 Å². The number of aromatic nitrogens is 2. The van der Waals surface area contributed by atoms with Crippen LogP contribution in [0.5, 0.6) is 0 Å². The van der Waals surface area contributed by atoms with E-state index in [2.05, 4.69) is 40.0 Å². The minimum atomic E-state index is 0.679. The molecule has 3 heteroatoms. The van der Waals surface area contributed by atoms with E-state index in [0.717, 1.165) is 11.3 Å². The van der Waals surface area contributed by atoms with Crippen LogP contribution in [-0.4, -0.2) is 15.4 Å². The van der Waals surface area contributed by atoms with Crippen LogP contribution in [-0.2, 0) is 0 Å². The van der Waals surface area contributed by atoms with Crippen molar-refractivity contribution in [2.75, 3.05) is 5.32 Å². The van der Waals surface area contributed by atoms with Gasteiger partial charge in [-0.1, -0.05) is 13.8 Å². The van der Waals surface area contributed by atoms with Gasteiger partial charge in [-0.2, -0.15) is 0 Å². The van der Waals surface area contributed by atoms with Crippen LogP contribution in [0.3, 0.4) is 0 Å². The molecule has 1 saturated carbocycles. The minimum absolute atomic E-state index is 0.679. The number of imidazole rings is 1. The summed E-state index contributed by atoms with van der Waals surface area (Å²) in [7, 11) is 0. The van der Waals surface area contributed by atoms with Gasteiger partial charge in [-0.3, -0.25) is 0 Å². The molecule has 3 nitrogen and oxygen atoms in total. The van der Waals surface area contributed by atoms with E-state index in [9.17, 15) is 0 Å². The fourth-order valence-corrected chi connectivity index (χ4v) is 1.69. The first-order chi connectivity index (χ1) is 7.84. The van der Waals surface area contributed by atoms with Crippen LogP contribution in [0.4, 0.5) is 5.69 Å². The summed E-state index contributed by atoms with van der Waals surface area (Å²) in [4.78, 5) is 4.40. The van der Waals surface area contributed by atoms with Gasteiger partial charge in [0.25, 0.3) is 0 Å². The van der Waals surface area contributed by atoms with E-state index in [1.165, 1.54) is 18.5 Å². The van der Waals surface area contributed by atoms with Gasteiger partial charge in [0, 0.05) is 24.1 Å². The van der Waals surface area contributed by atoms with Crippen LogP contribution in [0, 0.1) is 6.92 Å². The number of anilines is 1.